The molecule has 1 heterocycles. The zero-order valence-corrected chi connectivity index (χ0v) is 13.0. The number of nitrogens with zero attached hydrogens (tertiary/aromatic N) is 3. The van der Waals surface area contributed by atoms with E-state index < -0.39 is 4.92 Å². The van der Waals surface area contributed by atoms with Crippen molar-refractivity contribution in [3.63, 3.8) is 0 Å². The molecule has 6 nitrogen and oxygen atoms in total. The van der Waals surface area contributed by atoms with Gasteiger partial charge in [0.2, 0.25) is 5.82 Å². The van der Waals surface area contributed by atoms with Crippen LogP contribution in [0, 0.1) is 10.1 Å². The average molecular weight is 292 g/mol. The van der Waals surface area contributed by atoms with Gasteiger partial charge in [0.05, 0.1) is 4.92 Å². The van der Waals surface area contributed by atoms with Crippen LogP contribution >= 0.6 is 0 Å². The summed E-state index contributed by atoms with van der Waals surface area (Å²) in [5, 5.41) is 14.3. The molecule has 0 bridgehead atoms. The summed E-state index contributed by atoms with van der Waals surface area (Å²) in [6, 6.07) is 3.17. The predicted octanol–water partition coefficient (Wildman–Crippen LogP) is 3.83. The van der Waals surface area contributed by atoms with Gasteiger partial charge in [-0.05, 0) is 19.4 Å². The van der Waals surface area contributed by atoms with Crippen LogP contribution in [0.3, 0.4) is 0 Å². The van der Waals surface area contributed by atoms with Crippen molar-refractivity contribution in [3.8, 4) is 0 Å². The van der Waals surface area contributed by atoms with Gasteiger partial charge in [-0.25, -0.2) is 4.98 Å². The number of aromatic nitrogens is 1. The third-order valence-electron chi connectivity index (χ3n) is 3.40. The smallest absolute Gasteiger partial charge is 0.311 e. The fraction of sp³-hybridized carbons (Fsp3) is 0.600. The number of nitro groups is 1. The largest absolute Gasteiger partial charge is 0.361 e. The van der Waals surface area contributed by atoms with E-state index in [9.17, 15) is 10.1 Å². The summed E-state index contributed by atoms with van der Waals surface area (Å²) in [5.74, 6) is 0.341. The van der Waals surface area contributed by atoms with Gasteiger partial charge in [-0.15, -0.1) is 0 Å². The standard InChI is InChI=1S/C15H24N4O2/c1-4-5-6-8-13(11-12(2)16-3)18-15-14(19(20)21)9-7-10-17-15/h7,9-10,13H,4-6,8,11H2,1-3H3,(H,17,18). The van der Waals surface area contributed by atoms with Gasteiger partial charge in [-0.3, -0.25) is 15.1 Å². The van der Waals surface area contributed by atoms with E-state index in [2.05, 4.69) is 22.2 Å². The summed E-state index contributed by atoms with van der Waals surface area (Å²) in [7, 11) is 1.77. The molecule has 1 aromatic heterocycles. The minimum absolute atomic E-state index is 0.0177. The molecular formula is C15H24N4O2. The van der Waals surface area contributed by atoms with Gasteiger partial charge in [0.15, 0.2) is 0 Å². The molecule has 1 aromatic rings. The molecule has 0 spiro atoms. The second-order valence-electron chi connectivity index (χ2n) is 5.13. The van der Waals surface area contributed by atoms with Gasteiger partial charge in [-0.1, -0.05) is 26.2 Å². The Morgan fingerprint density at radius 1 is 1.52 bits per heavy atom. The van der Waals surface area contributed by atoms with Gasteiger partial charge in [0, 0.05) is 37.5 Å². The van der Waals surface area contributed by atoms with Gasteiger partial charge in [-0.2, -0.15) is 0 Å². The molecule has 0 fully saturated rings. The normalized spacial score (nSPS) is 13.0. The Hall–Kier alpha value is -1.98. The summed E-state index contributed by atoms with van der Waals surface area (Å²) in [5.41, 5.74) is 1.05. The van der Waals surface area contributed by atoms with E-state index in [0.717, 1.165) is 37.8 Å². The second kappa shape index (κ2) is 9.05. The highest BCUT2D eigenvalue weighted by atomic mass is 16.6. The first kappa shape index (κ1) is 17.1. The number of unbranched alkanes of at least 4 members (excludes halogenated alkanes) is 2. The lowest BCUT2D eigenvalue weighted by molar-refractivity contribution is -0.384. The van der Waals surface area contributed by atoms with Crippen molar-refractivity contribution in [2.45, 2.75) is 52.0 Å². The maximum Gasteiger partial charge on any atom is 0.311 e. The van der Waals surface area contributed by atoms with Crippen LogP contribution in [0.1, 0.15) is 46.0 Å². The van der Waals surface area contributed by atoms with Crippen LogP contribution in [0.4, 0.5) is 11.5 Å². The highest BCUT2D eigenvalue weighted by Gasteiger charge is 2.18. The van der Waals surface area contributed by atoms with Crippen LogP contribution < -0.4 is 5.32 Å². The van der Waals surface area contributed by atoms with Crippen molar-refractivity contribution in [2.24, 2.45) is 4.99 Å². The van der Waals surface area contributed by atoms with Crippen LogP contribution in [0.25, 0.3) is 0 Å². The molecule has 0 aromatic carbocycles. The quantitative estimate of drug-likeness (QED) is 0.324. The van der Waals surface area contributed by atoms with E-state index in [-0.39, 0.29) is 11.7 Å². The molecule has 116 valence electrons. The van der Waals surface area contributed by atoms with E-state index in [0.29, 0.717) is 5.82 Å². The van der Waals surface area contributed by atoms with Gasteiger partial charge in [0.1, 0.15) is 0 Å². The Morgan fingerprint density at radius 3 is 2.90 bits per heavy atom. The minimum Gasteiger partial charge on any atom is -0.361 e. The first-order valence-corrected chi connectivity index (χ1v) is 7.36. The van der Waals surface area contributed by atoms with Crippen molar-refractivity contribution in [1.82, 2.24) is 4.98 Å². The second-order valence-corrected chi connectivity index (χ2v) is 5.13. The number of anilines is 1. The lowest BCUT2D eigenvalue weighted by atomic mass is 10.0. The Morgan fingerprint density at radius 2 is 2.29 bits per heavy atom. The zero-order valence-electron chi connectivity index (χ0n) is 13.0. The number of rotatable bonds is 9. The van der Waals surface area contributed by atoms with Crippen LogP contribution in [-0.4, -0.2) is 28.7 Å². The highest BCUT2D eigenvalue weighted by Crippen LogP contribution is 2.23. The molecule has 1 rings (SSSR count). The van der Waals surface area contributed by atoms with Gasteiger partial charge >= 0.3 is 5.69 Å². The maximum absolute atomic E-state index is 11.0. The molecule has 0 aliphatic carbocycles. The first-order valence-electron chi connectivity index (χ1n) is 7.36. The highest BCUT2D eigenvalue weighted by molar-refractivity contribution is 5.82. The van der Waals surface area contributed by atoms with E-state index in [1.807, 2.05) is 6.92 Å². The molecule has 0 saturated heterocycles. The van der Waals surface area contributed by atoms with Crippen LogP contribution in [0.5, 0.6) is 0 Å². The topological polar surface area (TPSA) is 80.4 Å². The number of hydrogen-bond donors (Lipinski definition) is 1. The summed E-state index contributed by atoms with van der Waals surface area (Å²) in [6.45, 7) is 4.13. The molecule has 1 N–H and O–H groups in total. The Labute approximate surface area is 125 Å². The lowest BCUT2D eigenvalue weighted by Gasteiger charge is -2.19. The Bertz CT molecular complexity index is 488. The van der Waals surface area contributed by atoms with Crippen molar-refractivity contribution in [2.75, 3.05) is 12.4 Å². The van der Waals surface area contributed by atoms with Crippen molar-refractivity contribution in [1.29, 1.82) is 0 Å². The minimum atomic E-state index is -0.404. The summed E-state index contributed by atoms with van der Waals surface area (Å²) >= 11 is 0. The third-order valence-corrected chi connectivity index (χ3v) is 3.40. The molecular weight excluding hydrogens is 268 g/mol. The number of hydrogen-bond acceptors (Lipinski definition) is 5. The molecule has 0 aliphatic heterocycles. The SMILES string of the molecule is CCCCCC(CC(C)=NC)Nc1ncccc1[N+](=O)[O-]. The van der Waals surface area contributed by atoms with E-state index >= 15 is 0 Å². The molecule has 1 unspecified atom stereocenters. The fourth-order valence-corrected chi connectivity index (χ4v) is 2.16. The average Bonchev–Trinajstić information content (AvgIpc) is 2.47. The lowest BCUT2D eigenvalue weighted by Crippen LogP contribution is -2.23. The first-order chi connectivity index (χ1) is 10.1. The summed E-state index contributed by atoms with van der Waals surface area (Å²) < 4.78 is 0. The fourth-order valence-electron chi connectivity index (χ4n) is 2.16. The van der Waals surface area contributed by atoms with E-state index in [1.54, 1.807) is 19.3 Å². The van der Waals surface area contributed by atoms with Gasteiger partial charge < -0.3 is 5.32 Å². The Kier molecular flexibility index (Phi) is 7.36. The molecule has 0 amide bonds. The van der Waals surface area contributed by atoms with Crippen LogP contribution in [0.15, 0.2) is 23.3 Å². The van der Waals surface area contributed by atoms with Crippen LogP contribution in [0.2, 0.25) is 0 Å². The Balaban J connectivity index is 2.81. The molecule has 6 heteroatoms. The predicted molar refractivity (Wildman–Crippen MR) is 86.1 cm³/mol. The molecule has 21 heavy (non-hydrogen) atoms. The van der Waals surface area contributed by atoms with Gasteiger partial charge in [0.25, 0.3) is 0 Å². The zero-order chi connectivity index (χ0) is 15.7. The molecule has 1 atom stereocenters. The third kappa shape index (κ3) is 5.89. The van der Waals surface area contributed by atoms with E-state index in [4.69, 9.17) is 0 Å². The number of nitrogens with one attached hydrogen (secondary N) is 1. The maximum atomic E-state index is 11.0. The summed E-state index contributed by atoms with van der Waals surface area (Å²) in [6.07, 6.45) is 6.69. The number of pyridine rings is 1. The molecule has 0 radical (unpaired) electrons. The molecule has 0 aliphatic rings. The monoisotopic (exact) mass is 292 g/mol. The molecule has 0 saturated carbocycles. The van der Waals surface area contributed by atoms with Crippen molar-refractivity contribution < 1.29 is 4.92 Å². The number of aliphatic imine (C=N–C) groups is 1. The summed E-state index contributed by atoms with van der Waals surface area (Å²) in [4.78, 5) is 18.9. The van der Waals surface area contributed by atoms with Crippen molar-refractivity contribution >= 4 is 17.2 Å². The van der Waals surface area contributed by atoms with E-state index in [1.165, 1.54) is 6.07 Å². The van der Waals surface area contributed by atoms with Crippen molar-refractivity contribution in [3.05, 3.63) is 28.4 Å². The van der Waals surface area contributed by atoms with Crippen LogP contribution in [-0.2, 0) is 0 Å².